The Bertz CT molecular complexity index is 491. The highest BCUT2D eigenvalue weighted by Gasteiger charge is 2.23. The van der Waals surface area contributed by atoms with E-state index in [9.17, 15) is 9.59 Å². The summed E-state index contributed by atoms with van der Waals surface area (Å²) in [4.78, 5) is 24.2. The smallest absolute Gasteiger partial charge is 0.306 e. The number of nitrogens with one attached hydrogen (secondary N) is 1. The number of hydrogen-bond donors (Lipinski definition) is 2. The second-order valence-corrected chi connectivity index (χ2v) is 5.58. The molecule has 5 heteroatoms. The molecule has 0 spiro atoms. The van der Waals surface area contributed by atoms with E-state index in [-0.39, 0.29) is 11.8 Å². The van der Waals surface area contributed by atoms with Crippen LogP contribution in [0.3, 0.4) is 0 Å². The summed E-state index contributed by atoms with van der Waals surface area (Å²) in [6, 6.07) is 7.87. The zero-order valence-electron chi connectivity index (χ0n) is 12.3. The molecule has 1 saturated heterocycles. The van der Waals surface area contributed by atoms with Crippen LogP contribution in [0.5, 0.6) is 0 Å². The van der Waals surface area contributed by atoms with Crippen LogP contribution in [-0.2, 0) is 16.0 Å². The van der Waals surface area contributed by atoms with E-state index in [2.05, 4.69) is 10.2 Å². The molecule has 2 N–H and O–H groups in total. The van der Waals surface area contributed by atoms with Crippen LogP contribution in [-0.4, -0.2) is 41.5 Å². The first-order valence-corrected chi connectivity index (χ1v) is 7.36. The Hall–Kier alpha value is -1.88. The summed E-state index contributed by atoms with van der Waals surface area (Å²) < 4.78 is 0. The summed E-state index contributed by atoms with van der Waals surface area (Å²) in [5.74, 6) is -0.898. The molecule has 0 atom stereocenters. The molecule has 2 rings (SSSR count). The minimum Gasteiger partial charge on any atom is -0.481 e. The van der Waals surface area contributed by atoms with Gasteiger partial charge in [-0.25, -0.2) is 0 Å². The van der Waals surface area contributed by atoms with Crippen LogP contribution in [0.25, 0.3) is 0 Å². The zero-order valence-corrected chi connectivity index (χ0v) is 12.3. The maximum atomic E-state index is 10.9. The van der Waals surface area contributed by atoms with E-state index in [4.69, 9.17) is 5.11 Å². The maximum absolute atomic E-state index is 10.9. The molecule has 5 nitrogen and oxygen atoms in total. The fraction of sp³-hybridized carbons (Fsp3) is 0.500. The van der Waals surface area contributed by atoms with Gasteiger partial charge in [-0.2, -0.15) is 0 Å². The number of hydrogen-bond acceptors (Lipinski definition) is 3. The summed E-state index contributed by atoms with van der Waals surface area (Å²) in [6.07, 6.45) is 2.44. The minimum absolute atomic E-state index is 0.0657. The van der Waals surface area contributed by atoms with Crippen molar-refractivity contribution in [3.05, 3.63) is 29.8 Å². The van der Waals surface area contributed by atoms with Crippen molar-refractivity contribution in [2.45, 2.75) is 26.2 Å². The SMILES string of the molecule is CC(=O)Nc1ccc(CCN2CCC(C(=O)O)CC2)cc1. The minimum atomic E-state index is -0.664. The quantitative estimate of drug-likeness (QED) is 0.870. The van der Waals surface area contributed by atoms with Gasteiger partial charge in [-0.15, -0.1) is 0 Å². The van der Waals surface area contributed by atoms with Crippen LogP contribution < -0.4 is 5.32 Å². The standard InChI is InChI=1S/C16H22N2O3/c1-12(19)17-15-4-2-13(3-5-15)6-9-18-10-7-14(8-11-18)16(20)21/h2-5,14H,6-11H2,1H3,(H,17,19)(H,20,21). The van der Waals surface area contributed by atoms with Gasteiger partial charge in [-0.1, -0.05) is 12.1 Å². The second kappa shape index (κ2) is 7.22. The average Bonchev–Trinajstić information content (AvgIpc) is 2.46. The van der Waals surface area contributed by atoms with E-state index in [1.807, 2.05) is 24.3 Å². The molecule has 0 saturated carbocycles. The number of nitrogens with zero attached hydrogens (tertiary/aromatic N) is 1. The summed E-state index contributed by atoms with van der Waals surface area (Å²) in [7, 11) is 0. The highest BCUT2D eigenvalue weighted by atomic mass is 16.4. The normalized spacial score (nSPS) is 16.6. The van der Waals surface area contributed by atoms with Gasteiger partial charge < -0.3 is 15.3 Å². The molecule has 1 aromatic rings. The third-order valence-electron chi connectivity index (χ3n) is 3.93. The molecule has 1 amide bonds. The van der Waals surface area contributed by atoms with Crippen LogP contribution >= 0.6 is 0 Å². The molecule has 21 heavy (non-hydrogen) atoms. The molecule has 1 fully saturated rings. The number of rotatable bonds is 5. The van der Waals surface area contributed by atoms with Crippen molar-refractivity contribution >= 4 is 17.6 Å². The van der Waals surface area contributed by atoms with E-state index in [1.54, 1.807) is 0 Å². The topological polar surface area (TPSA) is 69.6 Å². The van der Waals surface area contributed by atoms with Crippen molar-refractivity contribution < 1.29 is 14.7 Å². The van der Waals surface area contributed by atoms with Crippen LogP contribution in [0.2, 0.25) is 0 Å². The first kappa shape index (κ1) is 15.5. The van der Waals surface area contributed by atoms with Crippen LogP contribution in [0.15, 0.2) is 24.3 Å². The van der Waals surface area contributed by atoms with Gasteiger partial charge in [-0.3, -0.25) is 9.59 Å². The average molecular weight is 290 g/mol. The molecule has 1 heterocycles. The molecule has 0 bridgehead atoms. The van der Waals surface area contributed by atoms with Crippen LogP contribution in [0, 0.1) is 5.92 Å². The summed E-state index contributed by atoms with van der Waals surface area (Å²) in [5, 5.41) is 11.7. The van der Waals surface area contributed by atoms with Gasteiger partial charge in [0.25, 0.3) is 0 Å². The van der Waals surface area contributed by atoms with Crippen molar-refractivity contribution in [2.24, 2.45) is 5.92 Å². The highest BCUT2D eigenvalue weighted by Crippen LogP contribution is 2.18. The highest BCUT2D eigenvalue weighted by molar-refractivity contribution is 5.88. The lowest BCUT2D eigenvalue weighted by Gasteiger charge is -2.29. The Morgan fingerprint density at radius 3 is 2.38 bits per heavy atom. The monoisotopic (exact) mass is 290 g/mol. The van der Waals surface area contributed by atoms with Gasteiger partial charge in [-0.05, 0) is 50.0 Å². The molecule has 0 aromatic heterocycles. The molecular weight excluding hydrogens is 268 g/mol. The van der Waals surface area contributed by atoms with Crippen LogP contribution in [0.1, 0.15) is 25.3 Å². The fourth-order valence-corrected chi connectivity index (χ4v) is 2.65. The number of piperidine rings is 1. The van der Waals surface area contributed by atoms with Crippen molar-refractivity contribution in [1.29, 1.82) is 0 Å². The number of amides is 1. The van der Waals surface area contributed by atoms with Crippen molar-refractivity contribution in [1.82, 2.24) is 4.90 Å². The van der Waals surface area contributed by atoms with Gasteiger partial charge in [0.05, 0.1) is 5.92 Å². The van der Waals surface area contributed by atoms with Gasteiger partial charge in [0.1, 0.15) is 0 Å². The number of likely N-dealkylation sites (tertiary alicyclic amines) is 1. The van der Waals surface area contributed by atoms with E-state index >= 15 is 0 Å². The van der Waals surface area contributed by atoms with Gasteiger partial charge in [0.15, 0.2) is 0 Å². The Balaban J connectivity index is 1.76. The number of anilines is 1. The zero-order chi connectivity index (χ0) is 15.2. The number of carbonyl (C=O) groups excluding carboxylic acids is 1. The van der Waals surface area contributed by atoms with Crippen molar-refractivity contribution in [3.63, 3.8) is 0 Å². The first-order valence-electron chi connectivity index (χ1n) is 7.36. The van der Waals surface area contributed by atoms with Crippen molar-refractivity contribution in [2.75, 3.05) is 25.0 Å². The molecular formula is C16H22N2O3. The van der Waals surface area contributed by atoms with Gasteiger partial charge in [0, 0.05) is 19.2 Å². The number of aliphatic carboxylic acids is 1. The Morgan fingerprint density at radius 2 is 1.86 bits per heavy atom. The predicted molar refractivity (Wildman–Crippen MR) is 81.2 cm³/mol. The largest absolute Gasteiger partial charge is 0.481 e. The van der Waals surface area contributed by atoms with E-state index < -0.39 is 5.97 Å². The number of carbonyl (C=O) groups is 2. The van der Waals surface area contributed by atoms with Gasteiger partial charge >= 0.3 is 5.97 Å². The van der Waals surface area contributed by atoms with Gasteiger partial charge in [0.2, 0.25) is 5.91 Å². The molecule has 0 radical (unpaired) electrons. The van der Waals surface area contributed by atoms with Crippen molar-refractivity contribution in [3.8, 4) is 0 Å². The van der Waals surface area contributed by atoms with E-state index in [0.717, 1.165) is 44.6 Å². The summed E-state index contributed by atoms with van der Waals surface area (Å²) >= 11 is 0. The molecule has 114 valence electrons. The lowest BCUT2D eigenvalue weighted by Crippen LogP contribution is -2.37. The predicted octanol–water partition coefficient (Wildman–Crippen LogP) is 1.98. The maximum Gasteiger partial charge on any atom is 0.306 e. The molecule has 1 aliphatic rings. The first-order chi connectivity index (χ1) is 10.0. The third kappa shape index (κ3) is 4.86. The lowest BCUT2D eigenvalue weighted by molar-refractivity contribution is -0.143. The molecule has 0 aliphatic carbocycles. The lowest BCUT2D eigenvalue weighted by atomic mass is 9.97. The Kier molecular flexibility index (Phi) is 5.33. The second-order valence-electron chi connectivity index (χ2n) is 5.58. The van der Waals surface area contributed by atoms with E-state index in [0.29, 0.717) is 0 Å². The number of carboxylic acids is 1. The summed E-state index contributed by atoms with van der Waals surface area (Å²) in [6.45, 7) is 4.17. The molecule has 0 unspecified atom stereocenters. The van der Waals surface area contributed by atoms with E-state index in [1.165, 1.54) is 12.5 Å². The number of benzene rings is 1. The molecule has 1 aliphatic heterocycles. The number of carboxylic acid groups (broad SMARTS) is 1. The fourth-order valence-electron chi connectivity index (χ4n) is 2.65. The summed E-state index contributed by atoms with van der Waals surface area (Å²) in [5.41, 5.74) is 2.04. The third-order valence-corrected chi connectivity index (χ3v) is 3.93. The Morgan fingerprint density at radius 1 is 1.24 bits per heavy atom. The molecule has 1 aromatic carbocycles. The van der Waals surface area contributed by atoms with Crippen LogP contribution in [0.4, 0.5) is 5.69 Å². The Labute approximate surface area is 125 Å².